The number of carbonyl (C=O) groups excluding carboxylic acids is 2. The number of aromatic nitrogens is 1. The molecule has 4 rings (SSSR count). The van der Waals surface area contributed by atoms with E-state index in [1.165, 1.54) is 12.5 Å². The molecule has 1 heterocycles. The van der Waals surface area contributed by atoms with Gasteiger partial charge < -0.3 is 10.1 Å². The monoisotopic (exact) mass is 402 g/mol. The molecule has 0 aliphatic carbocycles. The lowest BCUT2D eigenvalue weighted by Crippen LogP contribution is -2.11. The van der Waals surface area contributed by atoms with E-state index in [2.05, 4.69) is 29.4 Å². The van der Waals surface area contributed by atoms with Crippen LogP contribution in [0.15, 0.2) is 66.7 Å². The number of nitrogens with zero attached hydrogens (tertiary/aromatic N) is 1. The van der Waals surface area contributed by atoms with Crippen LogP contribution in [0.2, 0.25) is 0 Å². The number of benzene rings is 3. The molecular formula is C23H18N2O3S. The predicted octanol–water partition coefficient (Wildman–Crippen LogP) is 5.45. The van der Waals surface area contributed by atoms with Crippen molar-refractivity contribution in [2.45, 2.75) is 13.8 Å². The Morgan fingerprint density at radius 2 is 1.69 bits per heavy atom. The van der Waals surface area contributed by atoms with Gasteiger partial charge in [0, 0.05) is 23.7 Å². The van der Waals surface area contributed by atoms with Crippen molar-refractivity contribution in [3.05, 3.63) is 77.9 Å². The second-order valence-electron chi connectivity index (χ2n) is 6.64. The maximum absolute atomic E-state index is 12.4. The lowest BCUT2D eigenvalue weighted by Gasteiger charge is -2.07. The Balaban J connectivity index is 1.47. The molecule has 5 nitrogen and oxygen atoms in total. The van der Waals surface area contributed by atoms with E-state index in [0.29, 0.717) is 17.0 Å². The number of carbonyl (C=O) groups is 2. The highest BCUT2D eigenvalue weighted by atomic mass is 32.1. The van der Waals surface area contributed by atoms with Gasteiger partial charge >= 0.3 is 5.97 Å². The first kappa shape index (κ1) is 18.8. The van der Waals surface area contributed by atoms with Crippen LogP contribution < -0.4 is 10.1 Å². The minimum absolute atomic E-state index is 0.234. The second kappa shape index (κ2) is 7.85. The molecule has 0 fully saturated rings. The summed E-state index contributed by atoms with van der Waals surface area (Å²) >= 11 is 1.65. The third kappa shape index (κ3) is 4.33. The zero-order chi connectivity index (χ0) is 20.4. The molecule has 4 aromatic rings. The largest absolute Gasteiger partial charge is 0.427 e. The number of hydrogen-bond donors (Lipinski definition) is 1. The fraction of sp³-hybridized carbons (Fsp3) is 0.0870. The smallest absolute Gasteiger partial charge is 0.308 e. The van der Waals surface area contributed by atoms with Crippen molar-refractivity contribution in [1.29, 1.82) is 0 Å². The van der Waals surface area contributed by atoms with Crippen molar-refractivity contribution in [3.63, 3.8) is 0 Å². The van der Waals surface area contributed by atoms with E-state index in [1.54, 1.807) is 35.6 Å². The predicted molar refractivity (Wildman–Crippen MR) is 115 cm³/mol. The van der Waals surface area contributed by atoms with Crippen LogP contribution in [0.5, 0.6) is 5.75 Å². The van der Waals surface area contributed by atoms with Gasteiger partial charge in [0.25, 0.3) is 5.91 Å². The number of amides is 1. The second-order valence-corrected chi connectivity index (χ2v) is 7.67. The van der Waals surface area contributed by atoms with E-state index in [4.69, 9.17) is 4.74 Å². The van der Waals surface area contributed by atoms with Crippen LogP contribution >= 0.6 is 11.3 Å². The van der Waals surface area contributed by atoms with Crippen LogP contribution in [0.4, 0.5) is 5.69 Å². The van der Waals surface area contributed by atoms with Gasteiger partial charge in [0.1, 0.15) is 10.8 Å². The first-order chi connectivity index (χ1) is 14.0. The number of rotatable bonds is 4. The normalized spacial score (nSPS) is 10.7. The number of ether oxygens (including phenoxy) is 1. The molecule has 0 aliphatic rings. The van der Waals surface area contributed by atoms with Gasteiger partial charge in [0.15, 0.2) is 0 Å². The molecule has 1 N–H and O–H groups in total. The fourth-order valence-corrected chi connectivity index (χ4v) is 3.96. The molecule has 0 bridgehead atoms. The first-order valence-electron chi connectivity index (χ1n) is 9.05. The summed E-state index contributed by atoms with van der Waals surface area (Å²) in [5.74, 6) is -0.224. The average Bonchev–Trinajstić information content (AvgIpc) is 3.11. The summed E-state index contributed by atoms with van der Waals surface area (Å²) in [6.45, 7) is 3.40. The Morgan fingerprint density at radius 1 is 0.966 bits per heavy atom. The quantitative estimate of drug-likeness (QED) is 0.364. The van der Waals surface area contributed by atoms with Gasteiger partial charge in [-0.1, -0.05) is 6.07 Å². The molecule has 144 valence electrons. The van der Waals surface area contributed by atoms with Crippen LogP contribution in [-0.2, 0) is 4.79 Å². The maximum atomic E-state index is 12.4. The van der Waals surface area contributed by atoms with Crippen LogP contribution in [0.1, 0.15) is 22.8 Å². The highest BCUT2D eigenvalue weighted by Crippen LogP contribution is 2.31. The van der Waals surface area contributed by atoms with E-state index >= 15 is 0 Å². The van der Waals surface area contributed by atoms with Gasteiger partial charge in [-0.2, -0.15) is 0 Å². The van der Waals surface area contributed by atoms with Crippen molar-refractivity contribution < 1.29 is 14.3 Å². The van der Waals surface area contributed by atoms with Crippen molar-refractivity contribution in [2.75, 3.05) is 5.32 Å². The first-order valence-corrected chi connectivity index (χ1v) is 9.87. The molecule has 0 atom stereocenters. The van der Waals surface area contributed by atoms with Crippen LogP contribution in [0, 0.1) is 6.92 Å². The SMILES string of the molecule is CC(=O)Oc1ccc(C(=O)Nc2ccc(-c3nc4ccc(C)cc4s3)cc2)cc1. The highest BCUT2D eigenvalue weighted by molar-refractivity contribution is 7.21. The number of fused-ring (bicyclic) bond motifs is 1. The number of thiazole rings is 1. The van der Waals surface area contributed by atoms with Crippen molar-refractivity contribution in [3.8, 4) is 16.3 Å². The van der Waals surface area contributed by atoms with Crippen molar-refractivity contribution >= 4 is 39.1 Å². The van der Waals surface area contributed by atoms with E-state index in [1.807, 2.05) is 30.3 Å². The maximum Gasteiger partial charge on any atom is 0.308 e. The van der Waals surface area contributed by atoms with E-state index in [0.717, 1.165) is 20.8 Å². The lowest BCUT2D eigenvalue weighted by atomic mass is 10.2. The zero-order valence-corrected chi connectivity index (χ0v) is 16.7. The summed E-state index contributed by atoms with van der Waals surface area (Å²) in [6.07, 6.45) is 0. The third-order valence-electron chi connectivity index (χ3n) is 4.31. The zero-order valence-electron chi connectivity index (χ0n) is 15.9. The summed E-state index contributed by atoms with van der Waals surface area (Å²) in [5.41, 5.74) is 4.38. The molecule has 0 aliphatic heterocycles. The fourth-order valence-electron chi connectivity index (χ4n) is 2.90. The topological polar surface area (TPSA) is 68.3 Å². The van der Waals surface area contributed by atoms with Crippen LogP contribution in [0.25, 0.3) is 20.8 Å². The Hall–Kier alpha value is -3.51. The van der Waals surface area contributed by atoms with Gasteiger partial charge in [-0.3, -0.25) is 9.59 Å². The van der Waals surface area contributed by atoms with Gasteiger partial charge in [0.05, 0.1) is 10.2 Å². The summed E-state index contributed by atoms with van der Waals surface area (Å²) in [5, 5.41) is 3.82. The Morgan fingerprint density at radius 3 is 2.38 bits per heavy atom. The minimum atomic E-state index is -0.398. The van der Waals surface area contributed by atoms with E-state index in [9.17, 15) is 9.59 Å². The molecule has 1 amide bonds. The van der Waals surface area contributed by atoms with Crippen molar-refractivity contribution in [2.24, 2.45) is 0 Å². The summed E-state index contributed by atoms with van der Waals surface area (Å²) in [6, 6.07) is 20.3. The van der Waals surface area contributed by atoms with Crippen molar-refractivity contribution in [1.82, 2.24) is 4.98 Å². The number of anilines is 1. The minimum Gasteiger partial charge on any atom is -0.427 e. The van der Waals surface area contributed by atoms with Gasteiger partial charge in [0.2, 0.25) is 0 Å². The summed E-state index contributed by atoms with van der Waals surface area (Å²) < 4.78 is 6.14. The highest BCUT2D eigenvalue weighted by Gasteiger charge is 2.09. The molecule has 1 aromatic heterocycles. The molecule has 0 spiro atoms. The van der Waals surface area contributed by atoms with Crippen LogP contribution in [-0.4, -0.2) is 16.9 Å². The van der Waals surface area contributed by atoms with Crippen LogP contribution in [0.3, 0.4) is 0 Å². The lowest BCUT2D eigenvalue weighted by molar-refractivity contribution is -0.131. The molecule has 0 radical (unpaired) electrons. The molecule has 0 saturated heterocycles. The number of nitrogens with one attached hydrogen (secondary N) is 1. The summed E-state index contributed by atoms with van der Waals surface area (Å²) in [4.78, 5) is 28.1. The number of esters is 1. The summed E-state index contributed by atoms with van der Waals surface area (Å²) in [7, 11) is 0. The Bertz CT molecular complexity index is 1200. The molecule has 0 saturated carbocycles. The molecule has 29 heavy (non-hydrogen) atoms. The Kier molecular flexibility index (Phi) is 5.10. The van der Waals surface area contributed by atoms with Gasteiger partial charge in [-0.05, 0) is 73.2 Å². The van der Waals surface area contributed by atoms with Gasteiger partial charge in [-0.25, -0.2) is 4.98 Å². The van der Waals surface area contributed by atoms with Gasteiger partial charge in [-0.15, -0.1) is 11.3 Å². The molecule has 6 heteroatoms. The molecule has 0 unspecified atom stereocenters. The number of hydrogen-bond acceptors (Lipinski definition) is 5. The van der Waals surface area contributed by atoms with E-state index < -0.39 is 5.97 Å². The molecular weight excluding hydrogens is 384 g/mol. The third-order valence-corrected chi connectivity index (χ3v) is 5.38. The number of aryl methyl sites for hydroxylation is 1. The average molecular weight is 402 g/mol. The van der Waals surface area contributed by atoms with E-state index in [-0.39, 0.29) is 5.91 Å². The Labute approximate surface area is 172 Å². The molecule has 3 aromatic carbocycles. The standard InChI is InChI=1S/C23H18N2O3S/c1-14-3-12-20-21(13-14)29-23(25-20)17-4-8-18(9-5-17)24-22(27)16-6-10-19(11-7-16)28-15(2)26/h3-13H,1-2H3,(H,24,27).